The third kappa shape index (κ3) is 3.49. The Kier molecular flexibility index (Phi) is 4.77. The van der Waals surface area contributed by atoms with E-state index in [0.29, 0.717) is 10.9 Å². The lowest BCUT2D eigenvalue weighted by molar-refractivity contribution is 0.426. The number of phenolic OH excluding ortho intramolecular Hbond substituents is 1. The first-order valence-electron chi connectivity index (χ1n) is 6.17. The summed E-state index contributed by atoms with van der Waals surface area (Å²) in [4.78, 5) is 0.916. The number of aromatic hydroxyl groups is 1. The molecule has 0 fully saturated rings. The van der Waals surface area contributed by atoms with E-state index in [2.05, 4.69) is 0 Å². The molecule has 3 N–H and O–H groups in total. The molecule has 2 rings (SSSR count). The molecule has 0 saturated heterocycles. The number of phenols is 1. The van der Waals surface area contributed by atoms with Crippen LogP contribution >= 0.6 is 22.9 Å². The lowest BCUT2D eigenvalue weighted by Crippen LogP contribution is -2.30. The maximum Gasteiger partial charge on any atom is 0.243 e. The van der Waals surface area contributed by atoms with Gasteiger partial charge in [0.25, 0.3) is 0 Å². The Morgan fingerprint density at radius 1 is 1.33 bits per heavy atom. The number of hydrogen-bond acceptors (Lipinski definition) is 5. The van der Waals surface area contributed by atoms with E-state index in [1.165, 1.54) is 33.8 Å². The lowest BCUT2D eigenvalue weighted by Gasteiger charge is -2.20. The molecule has 0 saturated carbocycles. The maximum absolute atomic E-state index is 12.6. The monoisotopic (exact) mass is 346 g/mol. The number of hydrogen-bond donors (Lipinski definition) is 2. The van der Waals surface area contributed by atoms with Gasteiger partial charge in [0.05, 0.1) is 14.9 Å². The molecule has 114 valence electrons. The largest absolute Gasteiger partial charge is 0.506 e. The highest BCUT2D eigenvalue weighted by atomic mass is 35.5. The van der Waals surface area contributed by atoms with Gasteiger partial charge in [0.15, 0.2) is 0 Å². The number of anilines is 1. The lowest BCUT2D eigenvalue weighted by atomic mass is 10.3. The summed E-state index contributed by atoms with van der Waals surface area (Å²) in [7, 11) is -3.67. The zero-order chi connectivity index (χ0) is 15.6. The summed E-state index contributed by atoms with van der Waals surface area (Å²) in [5, 5.41) is 9.40. The summed E-state index contributed by atoms with van der Waals surface area (Å²) >= 11 is 7.21. The molecule has 1 aromatic carbocycles. The second kappa shape index (κ2) is 6.23. The van der Waals surface area contributed by atoms with E-state index in [1.54, 1.807) is 19.1 Å². The van der Waals surface area contributed by atoms with Crippen LogP contribution in [0.15, 0.2) is 35.2 Å². The van der Waals surface area contributed by atoms with Crippen LogP contribution in [0.25, 0.3) is 0 Å². The van der Waals surface area contributed by atoms with Crippen molar-refractivity contribution in [2.75, 3.05) is 12.3 Å². The summed E-state index contributed by atoms with van der Waals surface area (Å²) < 4.78 is 27.1. The van der Waals surface area contributed by atoms with Gasteiger partial charge in [0, 0.05) is 18.0 Å². The van der Waals surface area contributed by atoms with Crippen LogP contribution < -0.4 is 5.73 Å². The van der Waals surface area contributed by atoms with Crippen LogP contribution in [0.4, 0.5) is 5.69 Å². The third-order valence-corrected chi connectivity index (χ3v) is 6.08. The van der Waals surface area contributed by atoms with Crippen LogP contribution in [-0.4, -0.2) is 24.4 Å². The van der Waals surface area contributed by atoms with Crippen LogP contribution in [0.3, 0.4) is 0 Å². The molecule has 0 bridgehead atoms. The summed E-state index contributed by atoms with van der Waals surface area (Å²) in [5.41, 5.74) is 5.60. The van der Waals surface area contributed by atoms with Gasteiger partial charge >= 0.3 is 0 Å². The molecule has 0 atom stereocenters. The van der Waals surface area contributed by atoms with Crippen LogP contribution in [-0.2, 0) is 16.6 Å². The van der Waals surface area contributed by atoms with Crippen molar-refractivity contribution in [3.05, 3.63) is 39.5 Å². The molecule has 0 aliphatic carbocycles. The smallest absolute Gasteiger partial charge is 0.243 e. The fourth-order valence-corrected chi connectivity index (χ4v) is 4.47. The molecule has 21 heavy (non-hydrogen) atoms. The third-order valence-electron chi connectivity index (χ3n) is 2.95. The number of rotatable bonds is 5. The van der Waals surface area contributed by atoms with Crippen LogP contribution in [0.1, 0.15) is 11.8 Å². The van der Waals surface area contributed by atoms with Crippen molar-refractivity contribution in [1.82, 2.24) is 4.31 Å². The van der Waals surface area contributed by atoms with Gasteiger partial charge in [-0.1, -0.05) is 18.5 Å². The molecule has 0 radical (unpaired) electrons. The molecular formula is C13H15ClN2O3S2. The molecule has 1 heterocycles. The van der Waals surface area contributed by atoms with Crippen molar-refractivity contribution >= 4 is 38.6 Å². The van der Waals surface area contributed by atoms with Gasteiger partial charge in [-0.05, 0) is 30.3 Å². The van der Waals surface area contributed by atoms with E-state index in [4.69, 9.17) is 17.3 Å². The number of benzene rings is 1. The molecule has 0 spiro atoms. The number of sulfonamides is 1. The fourth-order valence-electron chi connectivity index (χ4n) is 1.82. The van der Waals surface area contributed by atoms with E-state index in [-0.39, 0.29) is 22.9 Å². The quantitative estimate of drug-likeness (QED) is 0.644. The zero-order valence-corrected chi connectivity index (χ0v) is 13.7. The maximum atomic E-state index is 12.6. The predicted octanol–water partition coefficient (Wildman–Crippen LogP) is 2.90. The second-order valence-corrected chi connectivity index (χ2v) is 8.10. The number of thiophene rings is 1. The molecule has 1 aromatic heterocycles. The summed E-state index contributed by atoms with van der Waals surface area (Å²) in [6, 6.07) is 7.41. The van der Waals surface area contributed by atoms with E-state index in [0.717, 1.165) is 4.88 Å². The molecule has 5 nitrogen and oxygen atoms in total. The van der Waals surface area contributed by atoms with Gasteiger partial charge in [-0.2, -0.15) is 4.31 Å². The predicted molar refractivity (Wildman–Crippen MR) is 85.1 cm³/mol. The first-order valence-corrected chi connectivity index (χ1v) is 8.81. The standard InChI is InChI=1S/C13H15ClN2O3S2/c1-2-16(8-9-3-6-13(14)20-9)21(18,19)10-4-5-12(17)11(15)7-10/h3-7,17H,2,8,15H2,1H3. The average molecular weight is 347 g/mol. The Balaban J connectivity index is 2.32. The Bertz CT molecular complexity index is 744. The Hall–Kier alpha value is -1.28. The minimum absolute atomic E-state index is 0.0336. The average Bonchev–Trinajstić information content (AvgIpc) is 2.84. The van der Waals surface area contributed by atoms with E-state index in [9.17, 15) is 13.5 Å². The molecule has 8 heteroatoms. The first-order chi connectivity index (χ1) is 9.84. The highest BCUT2D eigenvalue weighted by molar-refractivity contribution is 7.89. The molecule has 0 aliphatic heterocycles. The highest BCUT2D eigenvalue weighted by Crippen LogP contribution is 2.28. The van der Waals surface area contributed by atoms with E-state index < -0.39 is 10.0 Å². The Morgan fingerprint density at radius 2 is 2.05 bits per heavy atom. The molecule has 0 aliphatic rings. The van der Waals surface area contributed by atoms with Crippen molar-refractivity contribution in [1.29, 1.82) is 0 Å². The van der Waals surface area contributed by atoms with Crippen molar-refractivity contribution in [2.24, 2.45) is 0 Å². The number of nitrogens with two attached hydrogens (primary N) is 1. The van der Waals surface area contributed by atoms with Crippen molar-refractivity contribution in [2.45, 2.75) is 18.4 Å². The summed E-state index contributed by atoms with van der Waals surface area (Å²) in [6.07, 6.45) is 0. The van der Waals surface area contributed by atoms with Crippen molar-refractivity contribution in [3.63, 3.8) is 0 Å². The second-order valence-electron chi connectivity index (χ2n) is 4.36. The van der Waals surface area contributed by atoms with Crippen LogP contribution in [0.5, 0.6) is 5.75 Å². The Labute approximate surface area is 132 Å². The van der Waals surface area contributed by atoms with Crippen LogP contribution in [0.2, 0.25) is 4.34 Å². The van der Waals surface area contributed by atoms with Crippen molar-refractivity contribution < 1.29 is 13.5 Å². The molecule has 2 aromatic rings. The normalized spacial score (nSPS) is 12.0. The summed E-state index contributed by atoms with van der Waals surface area (Å²) in [5.74, 6) is -0.137. The molecule has 0 unspecified atom stereocenters. The zero-order valence-electron chi connectivity index (χ0n) is 11.3. The Morgan fingerprint density at radius 3 is 2.57 bits per heavy atom. The van der Waals surface area contributed by atoms with Gasteiger partial charge < -0.3 is 10.8 Å². The van der Waals surface area contributed by atoms with E-state index >= 15 is 0 Å². The molecule has 0 amide bonds. The number of halogens is 1. The van der Waals surface area contributed by atoms with E-state index in [1.807, 2.05) is 0 Å². The van der Waals surface area contributed by atoms with Gasteiger partial charge in [0.2, 0.25) is 10.0 Å². The highest BCUT2D eigenvalue weighted by Gasteiger charge is 2.24. The van der Waals surface area contributed by atoms with Crippen LogP contribution in [0, 0.1) is 0 Å². The number of nitrogen functional groups attached to an aromatic ring is 1. The first kappa shape index (κ1) is 16.1. The minimum Gasteiger partial charge on any atom is -0.506 e. The van der Waals surface area contributed by atoms with Gasteiger partial charge in [-0.15, -0.1) is 11.3 Å². The SMILES string of the molecule is CCN(Cc1ccc(Cl)s1)S(=O)(=O)c1ccc(O)c(N)c1. The van der Waals surface area contributed by atoms with Gasteiger partial charge in [0.1, 0.15) is 5.75 Å². The minimum atomic E-state index is -3.67. The topological polar surface area (TPSA) is 83.6 Å². The number of nitrogens with zero attached hydrogens (tertiary/aromatic N) is 1. The fraction of sp³-hybridized carbons (Fsp3) is 0.231. The van der Waals surface area contributed by atoms with Gasteiger partial charge in [-0.3, -0.25) is 0 Å². The summed E-state index contributed by atoms with van der Waals surface area (Å²) in [6.45, 7) is 2.33. The van der Waals surface area contributed by atoms with Crippen molar-refractivity contribution in [3.8, 4) is 5.75 Å². The van der Waals surface area contributed by atoms with Gasteiger partial charge in [-0.25, -0.2) is 8.42 Å². The molecular weight excluding hydrogens is 332 g/mol.